The Morgan fingerprint density at radius 2 is 2.12 bits per heavy atom. The van der Waals surface area contributed by atoms with Gasteiger partial charge in [0.15, 0.2) is 0 Å². The van der Waals surface area contributed by atoms with Crippen LogP contribution in [-0.2, 0) is 16.2 Å². The zero-order chi connectivity index (χ0) is 17.8. The first-order valence-electron chi connectivity index (χ1n) is 7.53. The first-order chi connectivity index (χ1) is 12.0. The van der Waals surface area contributed by atoms with Gasteiger partial charge in [-0.15, -0.1) is 0 Å². The van der Waals surface area contributed by atoms with Crippen LogP contribution in [0.2, 0.25) is 0 Å². The molecule has 1 aliphatic heterocycles. The highest BCUT2D eigenvalue weighted by Gasteiger charge is 2.31. The summed E-state index contributed by atoms with van der Waals surface area (Å²) in [6, 6.07) is 13.9. The van der Waals surface area contributed by atoms with E-state index in [2.05, 4.69) is 26.4 Å². The zero-order valence-corrected chi connectivity index (χ0v) is 14.6. The monoisotopic (exact) mass is 403 g/mol. The lowest BCUT2D eigenvalue weighted by Crippen LogP contribution is -2.34. The molecule has 25 heavy (non-hydrogen) atoms. The van der Waals surface area contributed by atoms with Gasteiger partial charge >= 0.3 is 0 Å². The first-order valence-corrected chi connectivity index (χ1v) is 8.32. The summed E-state index contributed by atoms with van der Waals surface area (Å²) in [7, 11) is 0. The lowest BCUT2D eigenvalue weighted by atomic mass is 10.0. The molecule has 8 heteroatoms. The SMILES string of the molecule is O=C(NCc1cccc(Br)c1)C1CC(c2ccccc2[N+](=O)[O-])=NO1. The second-order valence-electron chi connectivity index (χ2n) is 5.46. The highest BCUT2D eigenvalue weighted by molar-refractivity contribution is 9.10. The molecule has 0 aliphatic carbocycles. The minimum atomic E-state index is -0.790. The normalized spacial score (nSPS) is 16.0. The van der Waals surface area contributed by atoms with Crippen LogP contribution in [0, 0.1) is 10.1 Å². The van der Waals surface area contributed by atoms with Crippen molar-refractivity contribution in [3.63, 3.8) is 0 Å². The van der Waals surface area contributed by atoms with Crippen molar-refractivity contribution in [2.24, 2.45) is 5.16 Å². The molecule has 1 N–H and O–H groups in total. The number of nitrogens with one attached hydrogen (secondary N) is 1. The highest BCUT2D eigenvalue weighted by atomic mass is 79.9. The number of para-hydroxylation sites is 1. The molecule has 0 spiro atoms. The van der Waals surface area contributed by atoms with Crippen LogP contribution < -0.4 is 5.32 Å². The van der Waals surface area contributed by atoms with Gasteiger partial charge in [0.25, 0.3) is 11.6 Å². The van der Waals surface area contributed by atoms with E-state index in [1.807, 2.05) is 24.3 Å². The average molecular weight is 404 g/mol. The summed E-state index contributed by atoms with van der Waals surface area (Å²) >= 11 is 3.38. The molecule has 1 aliphatic rings. The molecule has 1 unspecified atom stereocenters. The molecular weight excluding hydrogens is 390 g/mol. The Bertz CT molecular complexity index is 853. The van der Waals surface area contributed by atoms with Crippen LogP contribution in [0.5, 0.6) is 0 Å². The maximum absolute atomic E-state index is 12.2. The minimum Gasteiger partial charge on any atom is -0.382 e. The van der Waals surface area contributed by atoms with Crippen LogP contribution in [0.25, 0.3) is 0 Å². The number of nitro benzene ring substituents is 1. The Hall–Kier alpha value is -2.74. The summed E-state index contributed by atoms with van der Waals surface area (Å²) in [5.41, 5.74) is 1.66. The van der Waals surface area contributed by atoms with E-state index in [1.165, 1.54) is 6.07 Å². The van der Waals surface area contributed by atoms with E-state index in [1.54, 1.807) is 18.2 Å². The molecule has 0 saturated carbocycles. The number of nitro groups is 1. The number of amides is 1. The Morgan fingerprint density at radius 1 is 1.32 bits per heavy atom. The van der Waals surface area contributed by atoms with E-state index in [-0.39, 0.29) is 18.0 Å². The van der Waals surface area contributed by atoms with Crippen molar-refractivity contribution >= 4 is 33.2 Å². The Morgan fingerprint density at radius 3 is 2.88 bits per heavy atom. The fraction of sp³-hybridized carbons (Fsp3) is 0.176. The third-order valence-electron chi connectivity index (χ3n) is 3.73. The fourth-order valence-corrected chi connectivity index (χ4v) is 2.95. The standard InChI is InChI=1S/C17H14BrN3O4/c18-12-5-3-4-11(8-12)10-19-17(22)16-9-14(20-25-16)13-6-1-2-7-15(13)21(23)24/h1-8,16H,9-10H2,(H,19,22). The van der Waals surface area contributed by atoms with E-state index in [9.17, 15) is 14.9 Å². The predicted octanol–water partition coefficient (Wildman–Crippen LogP) is 3.17. The molecule has 128 valence electrons. The smallest absolute Gasteiger partial charge is 0.278 e. The van der Waals surface area contributed by atoms with E-state index in [0.29, 0.717) is 17.8 Å². The number of carbonyl (C=O) groups excluding carboxylic acids is 1. The molecule has 2 aromatic carbocycles. The van der Waals surface area contributed by atoms with Crippen LogP contribution in [-0.4, -0.2) is 22.6 Å². The number of hydrogen-bond donors (Lipinski definition) is 1. The van der Waals surface area contributed by atoms with Crippen LogP contribution in [0.1, 0.15) is 17.5 Å². The van der Waals surface area contributed by atoms with Crippen molar-refractivity contribution in [2.75, 3.05) is 0 Å². The maximum Gasteiger partial charge on any atom is 0.278 e. The van der Waals surface area contributed by atoms with Crippen molar-refractivity contribution in [1.29, 1.82) is 0 Å². The number of carbonyl (C=O) groups is 1. The summed E-state index contributed by atoms with van der Waals surface area (Å²) in [5.74, 6) is -0.308. The van der Waals surface area contributed by atoms with E-state index in [0.717, 1.165) is 10.0 Å². The van der Waals surface area contributed by atoms with Crippen molar-refractivity contribution in [3.05, 3.63) is 74.2 Å². The summed E-state index contributed by atoms with van der Waals surface area (Å²) in [4.78, 5) is 28.1. The third-order valence-corrected chi connectivity index (χ3v) is 4.22. The number of rotatable bonds is 5. The molecule has 1 amide bonds. The van der Waals surface area contributed by atoms with Crippen molar-refractivity contribution in [2.45, 2.75) is 19.1 Å². The number of hydrogen-bond acceptors (Lipinski definition) is 5. The second-order valence-corrected chi connectivity index (χ2v) is 6.37. The van der Waals surface area contributed by atoms with Gasteiger partial charge in [-0.25, -0.2) is 0 Å². The first kappa shape index (κ1) is 17.1. The lowest BCUT2D eigenvalue weighted by Gasteiger charge is -2.09. The molecule has 0 aromatic heterocycles. The van der Waals surface area contributed by atoms with Crippen LogP contribution in [0.4, 0.5) is 5.69 Å². The van der Waals surface area contributed by atoms with Gasteiger partial charge in [-0.2, -0.15) is 0 Å². The largest absolute Gasteiger partial charge is 0.382 e. The molecular formula is C17H14BrN3O4. The van der Waals surface area contributed by atoms with Crippen molar-refractivity contribution in [1.82, 2.24) is 5.32 Å². The summed E-state index contributed by atoms with van der Waals surface area (Å²) in [6.07, 6.45) is -0.600. The molecule has 7 nitrogen and oxygen atoms in total. The minimum absolute atomic E-state index is 0.0555. The van der Waals surface area contributed by atoms with E-state index >= 15 is 0 Å². The van der Waals surface area contributed by atoms with Gasteiger partial charge in [-0.1, -0.05) is 45.4 Å². The Labute approximate surface area is 152 Å². The Kier molecular flexibility index (Phi) is 5.08. The van der Waals surface area contributed by atoms with Crippen molar-refractivity contribution < 1.29 is 14.6 Å². The van der Waals surface area contributed by atoms with E-state index in [4.69, 9.17) is 4.84 Å². The molecule has 3 rings (SSSR count). The summed E-state index contributed by atoms with van der Waals surface area (Å²) in [6.45, 7) is 0.360. The van der Waals surface area contributed by atoms with Gasteiger partial charge in [0.05, 0.1) is 16.2 Å². The topological polar surface area (TPSA) is 93.8 Å². The zero-order valence-electron chi connectivity index (χ0n) is 13.0. The second kappa shape index (κ2) is 7.43. The van der Waals surface area contributed by atoms with Gasteiger partial charge in [0.2, 0.25) is 6.10 Å². The third kappa shape index (κ3) is 4.03. The summed E-state index contributed by atoms with van der Waals surface area (Å²) in [5, 5.41) is 17.8. The average Bonchev–Trinajstić information content (AvgIpc) is 3.10. The van der Waals surface area contributed by atoms with Gasteiger partial charge in [0, 0.05) is 23.5 Å². The number of oxime groups is 1. The van der Waals surface area contributed by atoms with Gasteiger partial charge in [0.1, 0.15) is 0 Å². The van der Waals surface area contributed by atoms with Crippen LogP contribution in [0.15, 0.2) is 58.2 Å². The molecule has 1 atom stereocenters. The molecule has 0 radical (unpaired) electrons. The highest BCUT2D eigenvalue weighted by Crippen LogP contribution is 2.24. The molecule has 1 heterocycles. The van der Waals surface area contributed by atoms with Crippen LogP contribution in [0.3, 0.4) is 0 Å². The fourth-order valence-electron chi connectivity index (χ4n) is 2.50. The molecule has 0 bridgehead atoms. The van der Waals surface area contributed by atoms with E-state index < -0.39 is 11.0 Å². The summed E-state index contributed by atoms with van der Waals surface area (Å²) < 4.78 is 0.929. The lowest BCUT2D eigenvalue weighted by molar-refractivity contribution is -0.385. The number of nitrogens with zero attached hydrogens (tertiary/aromatic N) is 2. The molecule has 2 aromatic rings. The molecule has 0 fully saturated rings. The molecule has 0 saturated heterocycles. The number of halogens is 1. The van der Waals surface area contributed by atoms with Gasteiger partial charge in [-0.3, -0.25) is 14.9 Å². The quantitative estimate of drug-likeness (QED) is 0.612. The van der Waals surface area contributed by atoms with Gasteiger partial charge in [-0.05, 0) is 23.8 Å². The predicted molar refractivity (Wildman–Crippen MR) is 95.1 cm³/mol. The maximum atomic E-state index is 12.2. The Balaban J connectivity index is 1.62. The van der Waals surface area contributed by atoms with Crippen LogP contribution >= 0.6 is 15.9 Å². The van der Waals surface area contributed by atoms with Gasteiger partial charge < -0.3 is 10.2 Å². The number of benzene rings is 2. The van der Waals surface area contributed by atoms with Crippen molar-refractivity contribution in [3.8, 4) is 0 Å².